The van der Waals surface area contributed by atoms with Crippen molar-refractivity contribution in [1.82, 2.24) is 0 Å². The third-order valence-electron chi connectivity index (χ3n) is 2.86. The minimum atomic E-state index is -0.735. The highest BCUT2D eigenvalue weighted by Gasteiger charge is 2.30. The van der Waals surface area contributed by atoms with Gasteiger partial charge in [0.2, 0.25) is 0 Å². The van der Waals surface area contributed by atoms with Crippen LogP contribution in [-0.2, 0) is 19.0 Å². The third-order valence-corrected chi connectivity index (χ3v) is 4.10. The van der Waals surface area contributed by atoms with E-state index in [1.165, 1.54) is 12.0 Å². The molecule has 0 spiro atoms. The second kappa shape index (κ2) is 8.07. The number of aryl methyl sites for hydroxylation is 1. The number of methoxy groups -OCH3 is 1. The molecule has 0 atom stereocenters. The normalized spacial score (nSPS) is 11.7. The fourth-order valence-corrected chi connectivity index (χ4v) is 3.03. The van der Waals surface area contributed by atoms with Crippen LogP contribution in [-0.4, -0.2) is 42.9 Å². The van der Waals surface area contributed by atoms with Crippen molar-refractivity contribution in [3.8, 4) is 0 Å². The van der Waals surface area contributed by atoms with E-state index in [-0.39, 0.29) is 6.54 Å². The summed E-state index contributed by atoms with van der Waals surface area (Å²) >= 11 is 1.06. The summed E-state index contributed by atoms with van der Waals surface area (Å²) in [6.45, 7) is 11.8. The van der Waals surface area contributed by atoms with Crippen molar-refractivity contribution in [2.45, 2.75) is 59.7 Å². The smallest absolute Gasteiger partial charge is 0.415 e. The molecule has 0 unspecified atom stereocenters. The molecule has 0 aliphatic heterocycles. The van der Waals surface area contributed by atoms with Crippen LogP contribution >= 0.6 is 11.3 Å². The fourth-order valence-electron chi connectivity index (χ4n) is 1.95. The van der Waals surface area contributed by atoms with E-state index < -0.39 is 29.2 Å². The summed E-state index contributed by atoms with van der Waals surface area (Å²) in [5.74, 6) is -1.07. The SMILES string of the molecule is COC(=O)c1sc(N(CC(=O)OC(C)(C)C)C(=O)OC(C)(C)C)cc1C. The predicted molar refractivity (Wildman–Crippen MR) is 99.8 cm³/mol. The van der Waals surface area contributed by atoms with Crippen molar-refractivity contribution in [1.29, 1.82) is 0 Å². The molecule has 1 aromatic rings. The Morgan fingerprint density at radius 2 is 1.58 bits per heavy atom. The number of hydrogen-bond acceptors (Lipinski definition) is 7. The molecule has 0 aromatic carbocycles. The number of ether oxygens (including phenoxy) is 3. The van der Waals surface area contributed by atoms with E-state index in [9.17, 15) is 14.4 Å². The summed E-state index contributed by atoms with van der Waals surface area (Å²) < 4.78 is 15.4. The zero-order valence-electron chi connectivity index (χ0n) is 16.6. The van der Waals surface area contributed by atoms with Crippen molar-refractivity contribution in [2.24, 2.45) is 0 Å². The number of carbonyl (C=O) groups excluding carboxylic acids is 3. The summed E-state index contributed by atoms with van der Waals surface area (Å²) in [6.07, 6.45) is -0.693. The summed E-state index contributed by atoms with van der Waals surface area (Å²) in [5.41, 5.74) is -0.769. The molecule has 26 heavy (non-hydrogen) atoms. The Kier molecular flexibility index (Phi) is 6.82. The first-order chi connectivity index (χ1) is 11.7. The maximum absolute atomic E-state index is 12.6. The minimum Gasteiger partial charge on any atom is -0.465 e. The predicted octanol–water partition coefficient (Wildman–Crippen LogP) is 3.93. The lowest BCUT2D eigenvalue weighted by Crippen LogP contribution is -2.41. The Hall–Kier alpha value is -2.09. The number of anilines is 1. The fraction of sp³-hybridized carbons (Fsp3) is 0.611. The number of rotatable bonds is 4. The van der Waals surface area contributed by atoms with Crippen LogP contribution in [0.4, 0.5) is 9.80 Å². The molecular formula is C18H27NO6S. The Balaban J connectivity index is 3.18. The zero-order chi connectivity index (χ0) is 20.3. The quantitative estimate of drug-likeness (QED) is 0.577. The molecular weight excluding hydrogens is 358 g/mol. The number of amides is 1. The molecule has 1 heterocycles. The van der Waals surface area contributed by atoms with E-state index in [1.54, 1.807) is 54.5 Å². The van der Waals surface area contributed by atoms with Gasteiger partial charge in [-0.15, -0.1) is 11.3 Å². The Morgan fingerprint density at radius 1 is 1.04 bits per heavy atom. The molecule has 146 valence electrons. The van der Waals surface area contributed by atoms with Crippen molar-refractivity contribution >= 4 is 34.4 Å². The second-order valence-corrected chi connectivity index (χ2v) is 8.77. The van der Waals surface area contributed by atoms with Crippen molar-refractivity contribution < 1.29 is 28.6 Å². The van der Waals surface area contributed by atoms with Crippen molar-refractivity contribution in [3.05, 3.63) is 16.5 Å². The molecule has 0 fully saturated rings. The Morgan fingerprint density at radius 3 is 2.04 bits per heavy atom. The minimum absolute atomic E-state index is 0.327. The second-order valence-electron chi connectivity index (χ2n) is 7.74. The van der Waals surface area contributed by atoms with Gasteiger partial charge in [0, 0.05) is 0 Å². The summed E-state index contributed by atoms with van der Waals surface area (Å²) in [5, 5.41) is 0.406. The molecule has 8 heteroatoms. The van der Waals surface area contributed by atoms with Crippen molar-refractivity contribution in [3.63, 3.8) is 0 Å². The molecule has 0 saturated carbocycles. The monoisotopic (exact) mass is 385 g/mol. The van der Waals surface area contributed by atoms with Crippen LogP contribution in [0.1, 0.15) is 56.8 Å². The van der Waals surface area contributed by atoms with E-state index in [0.717, 1.165) is 11.3 Å². The van der Waals surface area contributed by atoms with Crippen LogP contribution < -0.4 is 4.90 Å². The van der Waals surface area contributed by atoms with Crippen LogP contribution in [0.3, 0.4) is 0 Å². The molecule has 0 aliphatic rings. The van der Waals surface area contributed by atoms with Gasteiger partial charge in [-0.05, 0) is 60.1 Å². The van der Waals surface area contributed by atoms with Crippen LogP contribution in [0, 0.1) is 6.92 Å². The molecule has 1 amide bonds. The number of esters is 2. The first kappa shape index (κ1) is 22.0. The van der Waals surface area contributed by atoms with Gasteiger partial charge in [-0.3, -0.25) is 9.69 Å². The van der Waals surface area contributed by atoms with Gasteiger partial charge in [0.05, 0.1) is 7.11 Å². The van der Waals surface area contributed by atoms with Crippen molar-refractivity contribution in [2.75, 3.05) is 18.6 Å². The molecule has 0 N–H and O–H groups in total. The van der Waals surface area contributed by atoms with E-state index in [4.69, 9.17) is 14.2 Å². The van der Waals surface area contributed by atoms with Gasteiger partial charge in [0.25, 0.3) is 0 Å². The maximum Gasteiger partial charge on any atom is 0.415 e. The number of nitrogens with zero attached hydrogens (tertiary/aromatic N) is 1. The topological polar surface area (TPSA) is 82.1 Å². The van der Waals surface area contributed by atoms with Crippen LogP contribution in [0.2, 0.25) is 0 Å². The average Bonchev–Trinajstić information content (AvgIpc) is 2.81. The Bertz CT molecular complexity index is 681. The summed E-state index contributed by atoms with van der Waals surface area (Å²) in [7, 11) is 1.29. The maximum atomic E-state index is 12.6. The number of thiophene rings is 1. The highest BCUT2D eigenvalue weighted by Crippen LogP contribution is 2.31. The third kappa shape index (κ3) is 6.67. The molecule has 0 bridgehead atoms. The molecule has 0 radical (unpaired) electrons. The van der Waals surface area contributed by atoms with E-state index in [2.05, 4.69) is 0 Å². The lowest BCUT2D eigenvalue weighted by Gasteiger charge is -2.27. The largest absolute Gasteiger partial charge is 0.465 e. The molecule has 1 aromatic heterocycles. The van der Waals surface area contributed by atoms with Gasteiger partial charge in [-0.2, -0.15) is 0 Å². The van der Waals surface area contributed by atoms with E-state index in [0.29, 0.717) is 15.4 Å². The van der Waals surface area contributed by atoms with Gasteiger partial charge < -0.3 is 14.2 Å². The van der Waals surface area contributed by atoms with Crippen LogP contribution in [0.25, 0.3) is 0 Å². The molecule has 0 aliphatic carbocycles. The number of hydrogen-bond donors (Lipinski definition) is 0. The lowest BCUT2D eigenvalue weighted by molar-refractivity contribution is -0.153. The Labute approximate surface area is 158 Å². The van der Waals surface area contributed by atoms with E-state index in [1.807, 2.05) is 0 Å². The standard InChI is InChI=1S/C18H27NO6S/c1-11-9-12(26-14(11)15(21)23-8)19(16(22)25-18(5,6)7)10-13(20)24-17(2,3)4/h9H,10H2,1-8H3. The zero-order valence-corrected chi connectivity index (χ0v) is 17.4. The highest BCUT2D eigenvalue weighted by atomic mass is 32.1. The average molecular weight is 385 g/mol. The first-order valence-corrected chi connectivity index (χ1v) is 8.96. The van der Waals surface area contributed by atoms with Gasteiger partial charge in [0.15, 0.2) is 0 Å². The number of carbonyl (C=O) groups is 3. The summed E-state index contributed by atoms with van der Waals surface area (Å²) in [6, 6.07) is 1.64. The molecule has 7 nitrogen and oxygen atoms in total. The van der Waals surface area contributed by atoms with Crippen LogP contribution in [0.15, 0.2) is 6.07 Å². The van der Waals surface area contributed by atoms with Crippen LogP contribution in [0.5, 0.6) is 0 Å². The molecule has 1 rings (SSSR count). The van der Waals surface area contributed by atoms with E-state index >= 15 is 0 Å². The first-order valence-electron chi connectivity index (χ1n) is 8.14. The highest BCUT2D eigenvalue weighted by molar-refractivity contribution is 7.18. The van der Waals surface area contributed by atoms with Gasteiger partial charge >= 0.3 is 18.0 Å². The van der Waals surface area contributed by atoms with Gasteiger partial charge in [0.1, 0.15) is 27.6 Å². The summed E-state index contributed by atoms with van der Waals surface area (Å²) in [4.78, 5) is 38.2. The lowest BCUT2D eigenvalue weighted by atomic mass is 10.2. The van der Waals surface area contributed by atoms with Gasteiger partial charge in [-0.1, -0.05) is 0 Å². The molecule has 0 saturated heterocycles. The van der Waals surface area contributed by atoms with Gasteiger partial charge in [-0.25, -0.2) is 9.59 Å².